The second-order valence-electron chi connectivity index (χ2n) is 8.36. The van der Waals surface area contributed by atoms with Crippen LogP contribution < -0.4 is 20.1 Å². The van der Waals surface area contributed by atoms with Crippen LogP contribution >= 0.6 is 0 Å². The van der Waals surface area contributed by atoms with Crippen LogP contribution in [0.3, 0.4) is 0 Å². The van der Waals surface area contributed by atoms with Gasteiger partial charge in [0.2, 0.25) is 0 Å². The molecule has 3 aromatic rings. The number of hydrogen-bond donors (Lipinski definition) is 1. The maximum atomic E-state index is 14.4. The van der Waals surface area contributed by atoms with Crippen molar-refractivity contribution in [2.45, 2.75) is 32.7 Å². The zero-order valence-corrected chi connectivity index (χ0v) is 19.1. The maximum absolute atomic E-state index is 14.4. The van der Waals surface area contributed by atoms with E-state index >= 15 is 0 Å². The number of hydrogen-bond acceptors (Lipinski definition) is 6. The number of piperidine rings is 1. The lowest BCUT2D eigenvalue weighted by Crippen LogP contribution is -2.40. The maximum Gasteiger partial charge on any atom is 0.308 e. The summed E-state index contributed by atoms with van der Waals surface area (Å²) in [6.07, 6.45) is 5.27. The lowest BCUT2D eigenvalue weighted by atomic mass is 9.95. The first kappa shape index (κ1) is 22.7. The molecule has 0 saturated carbocycles. The van der Waals surface area contributed by atoms with Gasteiger partial charge in [-0.15, -0.1) is 0 Å². The van der Waals surface area contributed by atoms with Crippen molar-refractivity contribution < 1.29 is 18.7 Å². The Balaban J connectivity index is 1.91. The summed E-state index contributed by atoms with van der Waals surface area (Å²) in [6.45, 7) is 4.83. The van der Waals surface area contributed by atoms with Gasteiger partial charge in [-0.3, -0.25) is 9.78 Å². The molecule has 2 heterocycles. The van der Waals surface area contributed by atoms with Gasteiger partial charge >= 0.3 is 5.97 Å². The van der Waals surface area contributed by atoms with E-state index in [2.05, 4.69) is 9.88 Å². The average Bonchev–Trinajstić information content (AvgIpc) is 2.80. The van der Waals surface area contributed by atoms with Crippen molar-refractivity contribution in [3.63, 3.8) is 0 Å². The van der Waals surface area contributed by atoms with Gasteiger partial charge in [0.1, 0.15) is 17.3 Å². The first-order valence-corrected chi connectivity index (χ1v) is 11.0. The van der Waals surface area contributed by atoms with Crippen LogP contribution in [-0.4, -0.2) is 37.2 Å². The first-order chi connectivity index (χ1) is 15.9. The molecule has 33 heavy (non-hydrogen) atoms. The van der Waals surface area contributed by atoms with Crippen LogP contribution in [0.1, 0.15) is 25.3 Å². The van der Waals surface area contributed by atoms with Crippen LogP contribution in [0, 0.1) is 12.7 Å². The summed E-state index contributed by atoms with van der Waals surface area (Å²) < 4.78 is 25.1. The molecule has 0 radical (unpaired) electrons. The number of benzene rings is 2. The number of aromatic nitrogens is 1. The highest BCUT2D eigenvalue weighted by molar-refractivity contribution is 5.91. The van der Waals surface area contributed by atoms with E-state index in [0.29, 0.717) is 17.1 Å². The highest BCUT2D eigenvalue weighted by Gasteiger charge is 2.24. The number of halogens is 1. The second-order valence-corrected chi connectivity index (χ2v) is 8.36. The molecule has 1 saturated heterocycles. The Morgan fingerprint density at radius 2 is 1.79 bits per heavy atom. The summed E-state index contributed by atoms with van der Waals surface area (Å²) in [7, 11) is 1.52. The molecule has 6 nitrogen and oxygen atoms in total. The van der Waals surface area contributed by atoms with Crippen LogP contribution in [-0.2, 0) is 4.79 Å². The van der Waals surface area contributed by atoms with E-state index in [1.807, 2.05) is 31.2 Å². The first-order valence-electron chi connectivity index (χ1n) is 11.0. The van der Waals surface area contributed by atoms with Crippen molar-refractivity contribution >= 4 is 11.7 Å². The Labute approximate surface area is 193 Å². The van der Waals surface area contributed by atoms with E-state index in [1.54, 1.807) is 12.4 Å². The van der Waals surface area contributed by atoms with Crippen LogP contribution in [0.5, 0.6) is 11.5 Å². The van der Waals surface area contributed by atoms with E-state index in [0.717, 1.165) is 53.9 Å². The summed E-state index contributed by atoms with van der Waals surface area (Å²) >= 11 is 0. The zero-order chi connectivity index (χ0) is 23.5. The average molecular weight is 450 g/mol. The van der Waals surface area contributed by atoms with Crippen molar-refractivity contribution in [3.8, 4) is 33.8 Å². The van der Waals surface area contributed by atoms with Crippen molar-refractivity contribution in [2.24, 2.45) is 5.73 Å². The molecule has 0 bridgehead atoms. The van der Waals surface area contributed by atoms with Crippen molar-refractivity contribution in [1.29, 1.82) is 0 Å². The smallest absolute Gasteiger partial charge is 0.308 e. The monoisotopic (exact) mass is 449 g/mol. The normalized spacial score (nSPS) is 14.3. The van der Waals surface area contributed by atoms with Gasteiger partial charge in [0.25, 0.3) is 0 Å². The number of methoxy groups -OCH3 is 1. The SMILES string of the molecule is COc1cc(F)cc(-c2cncc(-c3ccc(C)c(OC(C)=O)c3)c2N2CCC(N)CC2)c1. The third-order valence-electron chi connectivity index (χ3n) is 5.94. The standard InChI is InChI=1S/C26H28FN3O3/c1-16-4-5-18(12-25(16)33-17(2)31)23-14-29-15-24(19-10-20(27)13-22(11-19)32-3)26(23)30-8-6-21(28)7-9-30/h4-5,10-15,21H,6-9,28H2,1-3H3. The fraction of sp³-hybridized carbons (Fsp3) is 0.308. The highest BCUT2D eigenvalue weighted by atomic mass is 19.1. The van der Waals surface area contributed by atoms with Gasteiger partial charge in [-0.05, 0) is 54.7 Å². The Hall–Kier alpha value is -3.45. The molecule has 2 aromatic carbocycles. The number of aryl methyl sites for hydroxylation is 1. The minimum atomic E-state index is -0.381. The third kappa shape index (κ3) is 4.98. The van der Waals surface area contributed by atoms with E-state index in [4.69, 9.17) is 15.2 Å². The quantitative estimate of drug-likeness (QED) is 0.448. The minimum absolute atomic E-state index is 0.166. The van der Waals surface area contributed by atoms with Crippen LogP contribution in [0.2, 0.25) is 0 Å². The minimum Gasteiger partial charge on any atom is -0.497 e. The number of carbonyl (C=O) groups is 1. The molecular weight excluding hydrogens is 421 g/mol. The fourth-order valence-corrected chi connectivity index (χ4v) is 4.21. The van der Waals surface area contributed by atoms with Crippen molar-refractivity contribution in [2.75, 3.05) is 25.1 Å². The van der Waals surface area contributed by atoms with Gasteiger partial charge in [-0.1, -0.05) is 12.1 Å². The van der Waals surface area contributed by atoms with Gasteiger partial charge in [-0.25, -0.2) is 4.39 Å². The summed E-state index contributed by atoms with van der Waals surface area (Å²) in [4.78, 5) is 18.3. The molecule has 1 fully saturated rings. The largest absolute Gasteiger partial charge is 0.497 e. The Kier molecular flexibility index (Phi) is 6.60. The van der Waals surface area contributed by atoms with Gasteiger partial charge < -0.3 is 20.1 Å². The molecule has 1 aromatic heterocycles. The van der Waals surface area contributed by atoms with Crippen LogP contribution in [0.25, 0.3) is 22.3 Å². The number of esters is 1. The Morgan fingerprint density at radius 3 is 2.45 bits per heavy atom. The second kappa shape index (κ2) is 9.58. The topological polar surface area (TPSA) is 77.7 Å². The Morgan fingerprint density at radius 1 is 1.09 bits per heavy atom. The summed E-state index contributed by atoms with van der Waals surface area (Å²) in [5.74, 6) is 0.187. The molecule has 1 aliphatic heterocycles. The molecule has 4 rings (SSSR count). The number of carbonyl (C=O) groups excluding carboxylic acids is 1. The molecule has 1 aliphatic rings. The number of nitrogens with zero attached hydrogens (tertiary/aromatic N) is 2. The predicted molar refractivity (Wildman–Crippen MR) is 127 cm³/mol. The van der Waals surface area contributed by atoms with Gasteiger partial charge in [0, 0.05) is 55.6 Å². The summed E-state index contributed by atoms with van der Waals surface area (Å²) in [5, 5.41) is 0. The fourth-order valence-electron chi connectivity index (χ4n) is 4.21. The van der Waals surface area contributed by atoms with Gasteiger partial charge in [0.15, 0.2) is 0 Å². The Bertz CT molecular complexity index is 1170. The molecule has 172 valence electrons. The van der Waals surface area contributed by atoms with E-state index in [1.165, 1.54) is 26.2 Å². The molecule has 0 amide bonds. The van der Waals surface area contributed by atoms with E-state index in [9.17, 15) is 9.18 Å². The lowest BCUT2D eigenvalue weighted by Gasteiger charge is -2.35. The van der Waals surface area contributed by atoms with Crippen LogP contribution in [0.15, 0.2) is 48.8 Å². The zero-order valence-electron chi connectivity index (χ0n) is 19.1. The van der Waals surface area contributed by atoms with Crippen LogP contribution in [0.4, 0.5) is 10.1 Å². The molecule has 0 atom stereocenters. The molecular formula is C26H28FN3O3. The van der Waals surface area contributed by atoms with E-state index in [-0.39, 0.29) is 17.8 Å². The molecule has 0 aliphatic carbocycles. The number of ether oxygens (including phenoxy) is 2. The number of pyridine rings is 1. The highest BCUT2D eigenvalue weighted by Crippen LogP contribution is 2.42. The van der Waals surface area contributed by atoms with Gasteiger partial charge in [-0.2, -0.15) is 0 Å². The molecule has 0 spiro atoms. The summed E-state index contributed by atoms with van der Waals surface area (Å²) in [5.41, 5.74) is 11.2. The third-order valence-corrected chi connectivity index (χ3v) is 5.94. The summed E-state index contributed by atoms with van der Waals surface area (Å²) in [6, 6.07) is 10.6. The van der Waals surface area contributed by atoms with E-state index < -0.39 is 0 Å². The van der Waals surface area contributed by atoms with Crippen molar-refractivity contribution in [3.05, 3.63) is 60.2 Å². The molecule has 2 N–H and O–H groups in total. The molecule has 0 unspecified atom stereocenters. The number of nitrogens with two attached hydrogens (primary N) is 1. The number of rotatable bonds is 5. The lowest BCUT2D eigenvalue weighted by molar-refractivity contribution is -0.131. The predicted octanol–water partition coefficient (Wildman–Crippen LogP) is 4.72. The van der Waals surface area contributed by atoms with Crippen molar-refractivity contribution in [1.82, 2.24) is 4.98 Å². The van der Waals surface area contributed by atoms with Gasteiger partial charge in [0.05, 0.1) is 12.8 Å². The number of anilines is 1. The molecule has 7 heteroatoms.